The number of rotatable bonds is 3. The standard InChI is InChI=1S/C21H18N2O/c1-23-12-11-15(18-5-3-4-6-21(18)23)7-8-16-14-22-20-10-9-17(24-2)13-19(16)20/h3-14H,1-2H3/p+1. The molecule has 3 heteroatoms. The number of ether oxygens (including phenoxy) is 1. The molecule has 0 aliphatic heterocycles. The van der Waals surface area contributed by atoms with E-state index in [1.165, 1.54) is 16.5 Å². The maximum absolute atomic E-state index is 5.34. The summed E-state index contributed by atoms with van der Waals surface area (Å²) in [5.74, 6) is 0.869. The number of nitrogens with zero attached hydrogens (tertiary/aromatic N) is 1. The Morgan fingerprint density at radius 3 is 2.67 bits per heavy atom. The SMILES string of the molecule is COc1ccc2[nH]cc(/C=C/c3cc[n+](C)c4ccccc34)c2c1. The van der Waals surface area contributed by atoms with Crippen molar-refractivity contribution in [2.75, 3.05) is 7.11 Å². The molecule has 2 aromatic heterocycles. The number of methoxy groups -OCH3 is 1. The molecule has 1 N–H and O–H groups in total. The summed E-state index contributed by atoms with van der Waals surface area (Å²) in [5, 5.41) is 2.41. The molecule has 2 heterocycles. The lowest BCUT2D eigenvalue weighted by atomic mass is 10.1. The van der Waals surface area contributed by atoms with Gasteiger partial charge in [-0.3, -0.25) is 0 Å². The van der Waals surface area contributed by atoms with Crippen molar-refractivity contribution in [1.29, 1.82) is 0 Å². The summed E-state index contributed by atoms with van der Waals surface area (Å²) >= 11 is 0. The average molecular weight is 315 g/mol. The highest BCUT2D eigenvalue weighted by Gasteiger charge is 2.07. The first kappa shape index (κ1) is 14.5. The highest BCUT2D eigenvalue weighted by molar-refractivity contribution is 5.95. The molecule has 118 valence electrons. The Bertz CT molecular complexity index is 1060. The number of H-pyrrole nitrogens is 1. The van der Waals surface area contributed by atoms with Gasteiger partial charge in [0.15, 0.2) is 6.20 Å². The van der Waals surface area contributed by atoms with Crippen molar-refractivity contribution < 1.29 is 9.30 Å². The summed E-state index contributed by atoms with van der Waals surface area (Å²) in [7, 11) is 3.77. The number of aromatic nitrogens is 2. The molecule has 0 atom stereocenters. The van der Waals surface area contributed by atoms with Gasteiger partial charge >= 0.3 is 0 Å². The van der Waals surface area contributed by atoms with E-state index in [0.29, 0.717) is 0 Å². The highest BCUT2D eigenvalue weighted by Crippen LogP contribution is 2.25. The van der Waals surface area contributed by atoms with Crippen molar-refractivity contribution in [3.05, 3.63) is 72.1 Å². The minimum absolute atomic E-state index is 0.869. The van der Waals surface area contributed by atoms with Gasteiger partial charge in [-0.05, 0) is 35.4 Å². The predicted octanol–water partition coefficient (Wildman–Crippen LogP) is 4.32. The van der Waals surface area contributed by atoms with E-state index >= 15 is 0 Å². The Kier molecular flexibility index (Phi) is 3.54. The molecule has 0 saturated heterocycles. The van der Waals surface area contributed by atoms with Gasteiger partial charge in [0.05, 0.1) is 12.5 Å². The first-order valence-electron chi connectivity index (χ1n) is 7.97. The zero-order chi connectivity index (χ0) is 16.5. The van der Waals surface area contributed by atoms with Crippen LogP contribution in [0.15, 0.2) is 60.9 Å². The van der Waals surface area contributed by atoms with E-state index in [0.717, 1.165) is 22.2 Å². The number of aromatic amines is 1. The van der Waals surface area contributed by atoms with E-state index in [2.05, 4.69) is 71.3 Å². The number of nitrogens with one attached hydrogen (secondary N) is 1. The lowest BCUT2D eigenvalue weighted by Gasteiger charge is -2.01. The Morgan fingerprint density at radius 2 is 1.79 bits per heavy atom. The van der Waals surface area contributed by atoms with E-state index in [1.54, 1.807) is 7.11 Å². The molecule has 0 amide bonds. The second-order valence-electron chi connectivity index (χ2n) is 5.89. The van der Waals surface area contributed by atoms with E-state index < -0.39 is 0 Å². The normalized spacial score (nSPS) is 11.6. The Labute approximate surface area is 140 Å². The summed E-state index contributed by atoms with van der Waals surface area (Å²) in [4.78, 5) is 3.31. The molecule has 0 spiro atoms. The van der Waals surface area contributed by atoms with Crippen LogP contribution in [0.2, 0.25) is 0 Å². The summed E-state index contributed by atoms with van der Waals surface area (Å²) in [6.07, 6.45) is 8.45. The average Bonchev–Trinajstić information content (AvgIpc) is 3.03. The highest BCUT2D eigenvalue weighted by atomic mass is 16.5. The summed E-state index contributed by atoms with van der Waals surface area (Å²) < 4.78 is 7.48. The molecule has 0 saturated carbocycles. The third-order valence-electron chi connectivity index (χ3n) is 4.44. The fourth-order valence-electron chi connectivity index (χ4n) is 3.10. The molecule has 0 radical (unpaired) electrons. The molecule has 0 bridgehead atoms. The number of benzene rings is 2. The van der Waals surface area contributed by atoms with E-state index in [4.69, 9.17) is 4.74 Å². The second kappa shape index (κ2) is 5.85. The van der Waals surface area contributed by atoms with E-state index in [1.807, 2.05) is 18.3 Å². The summed E-state index contributed by atoms with van der Waals surface area (Å²) in [6.45, 7) is 0. The molecular weight excluding hydrogens is 296 g/mol. The van der Waals surface area contributed by atoms with Crippen LogP contribution in [0.4, 0.5) is 0 Å². The lowest BCUT2D eigenvalue weighted by molar-refractivity contribution is -0.644. The molecule has 24 heavy (non-hydrogen) atoms. The van der Waals surface area contributed by atoms with Crippen LogP contribution in [-0.2, 0) is 7.05 Å². The summed E-state index contributed by atoms with van der Waals surface area (Å²) in [6, 6.07) is 16.7. The molecule has 2 aromatic carbocycles. The van der Waals surface area contributed by atoms with Crippen molar-refractivity contribution in [1.82, 2.24) is 4.98 Å². The fraction of sp³-hybridized carbons (Fsp3) is 0.0952. The number of para-hydroxylation sites is 1. The van der Waals surface area contributed by atoms with Crippen LogP contribution in [0, 0.1) is 0 Å². The van der Waals surface area contributed by atoms with Crippen LogP contribution in [-0.4, -0.2) is 12.1 Å². The molecule has 0 fully saturated rings. The smallest absolute Gasteiger partial charge is 0.212 e. The van der Waals surface area contributed by atoms with Crippen molar-refractivity contribution in [3.63, 3.8) is 0 Å². The van der Waals surface area contributed by atoms with Crippen LogP contribution in [0.5, 0.6) is 5.75 Å². The molecule has 0 aliphatic rings. The molecule has 4 rings (SSSR count). The van der Waals surface area contributed by atoms with Gasteiger partial charge in [-0.2, -0.15) is 0 Å². The maximum Gasteiger partial charge on any atom is 0.212 e. The molecular formula is C21H19N2O+. The Hall–Kier alpha value is -3.07. The third-order valence-corrected chi connectivity index (χ3v) is 4.44. The minimum Gasteiger partial charge on any atom is -0.497 e. The third kappa shape index (κ3) is 2.44. The number of pyridine rings is 1. The van der Waals surface area contributed by atoms with Gasteiger partial charge in [0.1, 0.15) is 12.8 Å². The number of hydrogen-bond acceptors (Lipinski definition) is 1. The quantitative estimate of drug-likeness (QED) is 0.560. The number of fused-ring (bicyclic) bond motifs is 2. The number of aryl methyl sites for hydroxylation is 1. The van der Waals surface area contributed by atoms with Gasteiger partial charge in [0, 0.05) is 29.2 Å². The van der Waals surface area contributed by atoms with Crippen LogP contribution in [0.1, 0.15) is 11.1 Å². The first-order chi connectivity index (χ1) is 11.8. The summed E-state index contributed by atoms with van der Waals surface area (Å²) in [5.41, 5.74) is 4.70. The van der Waals surface area contributed by atoms with Gasteiger partial charge in [0.25, 0.3) is 0 Å². The topological polar surface area (TPSA) is 28.9 Å². The zero-order valence-corrected chi connectivity index (χ0v) is 13.8. The van der Waals surface area contributed by atoms with Crippen molar-refractivity contribution in [2.45, 2.75) is 0 Å². The molecule has 0 aliphatic carbocycles. The predicted molar refractivity (Wildman–Crippen MR) is 98.9 cm³/mol. The van der Waals surface area contributed by atoms with Gasteiger partial charge in [-0.25, -0.2) is 4.57 Å². The van der Waals surface area contributed by atoms with Gasteiger partial charge in [0.2, 0.25) is 5.52 Å². The van der Waals surface area contributed by atoms with E-state index in [-0.39, 0.29) is 0 Å². The van der Waals surface area contributed by atoms with Crippen LogP contribution >= 0.6 is 0 Å². The maximum atomic E-state index is 5.34. The largest absolute Gasteiger partial charge is 0.497 e. The van der Waals surface area contributed by atoms with Crippen LogP contribution in [0.25, 0.3) is 34.0 Å². The van der Waals surface area contributed by atoms with Gasteiger partial charge in [-0.1, -0.05) is 24.3 Å². The number of hydrogen-bond donors (Lipinski definition) is 1. The van der Waals surface area contributed by atoms with Gasteiger partial charge < -0.3 is 9.72 Å². The molecule has 4 aromatic rings. The Balaban J connectivity index is 1.80. The lowest BCUT2D eigenvalue weighted by Crippen LogP contribution is -2.28. The van der Waals surface area contributed by atoms with Crippen LogP contribution in [0.3, 0.4) is 0 Å². The van der Waals surface area contributed by atoms with Crippen LogP contribution < -0.4 is 9.30 Å². The van der Waals surface area contributed by atoms with Crippen molar-refractivity contribution in [3.8, 4) is 5.75 Å². The van der Waals surface area contributed by atoms with E-state index in [9.17, 15) is 0 Å². The van der Waals surface area contributed by atoms with Gasteiger partial charge in [-0.15, -0.1) is 0 Å². The van der Waals surface area contributed by atoms with Crippen molar-refractivity contribution in [2.24, 2.45) is 7.05 Å². The Morgan fingerprint density at radius 1 is 0.958 bits per heavy atom. The fourth-order valence-corrected chi connectivity index (χ4v) is 3.10. The zero-order valence-electron chi connectivity index (χ0n) is 13.8. The molecule has 0 unspecified atom stereocenters. The minimum atomic E-state index is 0.869. The molecule has 3 nitrogen and oxygen atoms in total. The second-order valence-corrected chi connectivity index (χ2v) is 5.89. The first-order valence-corrected chi connectivity index (χ1v) is 7.97. The van der Waals surface area contributed by atoms with Crippen molar-refractivity contribution >= 4 is 34.0 Å². The monoisotopic (exact) mass is 315 g/mol.